The van der Waals surface area contributed by atoms with E-state index in [2.05, 4.69) is 4.90 Å². The largest absolute Gasteiger partial charge is 0.340 e. The fraction of sp³-hybridized carbons (Fsp3) is 0.533. The van der Waals surface area contributed by atoms with Crippen molar-refractivity contribution in [3.8, 4) is 0 Å². The van der Waals surface area contributed by atoms with Gasteiger partial charge in [-0.3, -0.25) is 4.79 Å². The van der Waals surface area contributed by atoms with Crippen LogP contribution in [0.15, 0.2) is 24.3 Å². The van der Waals surface area contributed by atoms with Gasteiger partial charge in [-0.2, -0.15) is 0 Å². The second-order valence-electron chi connectivity index (χ2n) is 5.11. The second-order valence-corrected chi connectivity index (χ2v) is 5.38. The number of nitrogens with zero attached hydrogens (tertiary/aromatic N) is 2. The van der Waals surface area contributed by atoms with Gasteiger partial charge in [0.25, 0.3) is 5.91 Å². The molecule has 0 spiro atoms. The molecule has 0 atom stereocenters. The van der Waals surface area contributed by atoms with E-state index in [1.165, 1.54) is 25.9 Å². The first-order valence-electron chi connectivity index (χ1n) is 6.83. The third kappa shape index (κ3) is 3.95. The molecule has 4 heteroatoms. The number of likely N-dealkylation sites (tertiary alicyclic amines) is 1. The minimum atomic E-state index is 0.0752. The Bertz CT molecular complexity index is 430. The van der Waals surface area contributed by atoms with Crippen molar-refractivity contribution in [2.24, 2.45) is 0 Å². The zero-order valence-corrected chi connectivity index (χ0v) is 12.2. The number of amides is 1. The predicted octanol–water partition coefficient (Wildman–Crippen LogP) is 2.59. The van der Waals surface area contributed by atoms with E-state index < -0.39 is 0 Å². The van der Waals surface area contributed by atoms with E-state index in [4.69, 9.17) is 11.6 Å². The maximum absolute atomic E-state index is 12.3. The number of alkyl halides is 1. The van der Waals surface area contributed by atoms with Crippen molar-refractivity contribution in [1.82, 2.24) is 9.80 Å². The molecule has 1 aromatic carbocycles. The molecule has 0 bridgehead atoms. The zero-order valence-electron chi connectivity index (χ0n) is 11.4. The van der Waals surface area contributed by atoms with E-state index in [1.807, 2.05) is 31.3 Å². The van der Waals surface area contributed by atoms with Crippen molar-refractivity contribution in [3.05, 3.63) is 35.4 Å². The summed E-state index contributed by atoms with van der Waals surface area (Å²) in [6, 6.07) is 7.56. The molecular weight excluding hydrogens is 260 g/mol. The lowest BCUT2D eigenvalue weighted by Crippen LogP contribution is -2.35. The third-order valence-electron chi connectivity index (χ3n) is 3.63. The van der Waals surface area contributed by atoms with Crippen LogP contribution in [0.2, 0.25) is 0 Å². The van der Waals surface area contributed by atoms with Gasteiger partial charge in [-0.15, -0.1) is 11.6 Å². The molecule has 2 rings (SSSR count). The Hall–Kier alpha value is -1.06. The maximum Gasteiger partial charge on any atom is 0.253 e. The quantitative estimate of drug-likeness (QED) is 0.774. The Morgan fingerprint density at radius 2 is 2.11 bits per heavy atom. The average Bonchev–Trinajstić information content (AvgIpc) is 2.97. The van der Waals surface area contributed by atoms with Gasteiger partial charge >= 0.3 is 0 Å². The highest BCUT2D eigenvalue weighted by Crippen LogP contribution is 2.11. The molecule has 1 aliphatic rings. The van der Waals surface area contributed by atoms with Gasteiger partial charge in [-0.1, -0.05) is 12.1 Å². The lowest BCUT2D eigenvalue weighted by atomic mass is 10.1. The van der Waals surface area contributed by atoms with Crippen LogP contribution in [0, 0.1) is 0 Å². The minimum absolute atomic E-state index is 0.0752. The molecule has 0 saturated carbocycles. The monoisotopic (exact) mass is 280 g/mol. The summed E-state index contributed by atoms with van der Waals surface area (Å²) in [5, 5.41) is 0. The number of hydrogen-bond donors (Lipinski definition) is 0. The standard InChI is InChI=1S/C15H21ClN2O/c1-17(9-10-18-7-2-3-8-18)15(19)14-6-4-5-13(11-14)12-16/h4-6,11H,2-3,7-10,12H2,1H3. The van der Waals surface area contributed by atoms with Crippen LogP contribution in [0.3, 0.4) is 0 Å². The van der Waals surface area contributed by atoms with Gasteiger partial charge in [-0.05, 0) is 43.6 Å². The molecule has 19 heavy (non-hydrogen) atoms. The molecule has 1 aromatic rings. The van der Waals surface area contributed by atoms with Gasteiger partial charge in [0.15, 0.2) is 0 Å². The minimum Gasteiger partial charge on any atom is -0.340 e. The van der Waals surface area contributed by atoms with Crippen molar-refractivity contribution >= 4 is 17.5 Å². The molecule has 1 fully saturated rings. The van der Waals surface area contributed by atoms with Crippen LogP contribution in [0.4, 0.5) is 0 Å². The van der Waals surface area contributed by atoms with Gasteiger partial charge in [0, 0.05) is 31.6 Å². The highest BCUT2D eigenvalue weighted by molar-refractivity contribution is 6.17. The van der Waals surface area contributed by atoms with Crippen molar-refractivity contribution in [1.29, 1.82) is 0 Å². The smallest absolute Gasteiger partial charge is 0.253 e. The fourth-order valence-electron chi connectivity index (χ4n) is 2.41. The Morgan fingerprint density at radius 1 is 1.37 bits per heavy atom. The van der Waals surface area contributed by atoms with Crippen LogP contribution in [-0.4, -0.2) is 48.9 Å². The first-order chi connectivity index (χ1) is 9.20. The van der Waals surface area contributed by atoms with Crippen LogP contribution in [0.1, 0.15) is 28.8 Å². The highest BCUT2D eigenvalue weighted by Gasteiger charge is 2.15. The number of halogens is 1. The predicted molar refractivity (Wildman–Crippen MR) is 78.6 cm³/mol. The number of likely N-dealkylation sites (N-methyl/N-ethyl adjacent to an activating group) is 1. The van der Waals surface area contributed by atoms with Crippen LogP contribution < -0.4 is 0 Å². The first-order valence-corrected chi connectivity index (χ1v) is 7.37. The number of rotatable bonds is 5. The summed E-state index contributed by atoms with van der Waals surface area (Å²) in [5.74, 6) is 0.518. The third-order valence-corrected chi connectivity index (χ3v) is 3.93. The van der Waals surface area contributed by atoms with E-state index in [1.54, 1.807) is 4.90 Å². The highest BCUT2D eigenvalue weighted by atomic mass is 35.5. The van der Waals surface area contributed by atoms with Crippen molar-refractivity contribution in [2.45, 2.75) is 18.7 Å². The van der Waals surface area contributed by atoms with Gasteiger partial charge in [0.1, 0.15) is 0 Å². The summed E-state index contributed by atoms with van der Waals surface area (Å²) in [6.07, 6.45) is 2.57. The molecule has 0 radical (unpaired) electrons. The Labute approximate surface area is 120 Å². The lowest BCUT2D eigenvalue weighted by molar-refractivity contribution is 0.0782. The van der Waals surface area contributed by atoms with Crippen LogP contribution in [0.25, 0.3) is 0 Å². The van der Waals surface area contributed by atoms with Crippen LogP contribution in [-0.2, 0) is 5.88 Å². The summed E-state index contributed by atoms with van der Waals surface area (Å²) in [6.45, 7) is 4.09. The molecule has 1 heterocycles. The normalized spacial score (nSPS) is 15.7. The summed E-state index contributed by atoms with van der Waals surface area (Å²) in [7, 11) is 1.87. The summed E-state index contributed by atoms with van der Waals surface area (Å²) >= 11 is 5.80. The van der Waals surface area contributed by atoms with Crippen molar-refractivity contribution in [3.63, 3.8) is 0 Å². The molecule has 1 amide bonds. The second kappa shape index (κ2) is 6.92. The van der Waals surface area contributed by atoms with E-state index >= 15 is 0 Å². The molecular formula is C15H21ClN2O. The Balaban J connectivity index is 1.90. The molecule has 104 valence electrons. The number of benzene rings is 1. The molecule has 0 aromatic heterocycles. The first kappa shape index (κ1) is 14.4. The Morgan fingerprint density at radius 3 is 2.79 bits per heavy atom. The van der Waals surface area contributed by atoms with Gasteiger partial charge < -0.3 is 9.80 Å². The summed E-state index contributed by atoms with van der Waals surface area (Å²) in [4.78, 5) is 16.5. The number of carbonyl (C=O) groups is 1. The van der Waals surface area contributed by atoms with Gasteiger partial charge in [-0.25, -0.2) is 0 Å². The molecule has 3 nitrogen and oxygen atoms in total. The maximum atomic E-state index is 12.3. The van der Waals surface area contributed by atoms with Gasteiger partial charge in [0.05, 0.1) is 0 Å². The van der Waals surface area contributed by atoms with Gasteiger partial charge in [0.2, 0.25) is 0 Å². The van der Waals surface area contributed by atoms with Crippen LogP contribution >= 0.6 is 11.6 Å². The summed E-state index contributed by atoms with van der Waals surface area (Å²) < 4.78 is 0. The van der Waals surface area contributed by atoms with E-state index in [0.29, 0.717) is 5.88 Å². The Kier molecular flexibility index (Phi) is 5.23. The van der Waals surface area contributed by atoms with Crippen molar-refractivity contribution < 1.29 is 4.79 Å². The lowest BCUT2D eigenvalue weighted by Gasteiger charge is -2.21. The van der Waals surface area contributed by atoms with Crippen LogP contribution in [0.5, 0.6) is 0 Å². The SMILES string of the molecule is CN(CCN1CCCC1)C(=O)c1cccc(CCl)c1. The zero-order chi connectivity index (χ0) is 13.7. The van der Waals surface area contributed by atoms with E-state index in [-0.39, 0.29) is 5.91 Å². The number of carbonyl (C=O) groups excluding carboxylic acids is 1. The topological polar surface area (TPSA) is 23.6 Å². The summed E-state index contributed by atoms with van der Waals surface area (Å²) in [5.41, 5.74) is 1.71. The molecule has 0 unspecified atom stereocenters. The molecule has 0 aliphatic carbocycles. The molecule has 1 saturated heterocycles. The van der Waals surface area contributed by atoms with Crippen molar-refractivity contribution in [2.75, 3.05) is 33.2 Å². The molecule has 0 N–H and O–H groups in total. The van der Waals surface area contributed by atoms with E-state index in [9.17, 15) is 4.79 Å². The van der Waals surface area contributed by atoms with E-state index in [0.717, 1.165) is 24.2 Å². The molecule has 1 aliphatic heterocycles. The average molecular weight is 281 g/mol. The fourth-order valence-corrected chi connectivity index (χ4v) is 2.57. The number of hydrogen-bond acceptors (Lipinski definition) is 2.